The van der Waals surface area contributed by atoms with E-state index in [-0.39, 0.29) is 16.6 Å². The van der Waals surface area contributed by atoms with Gasteiger partial charge in [0.2, 0.25) is 0 Å². The summed E-state index contributed by atoms with van der Waals surface area (Å²) in [5, 5.41) is 13.9. The zero-order valence-corrected chi connectivity index (χ0v) is 29.0. The predicted octanol–water partition coefficient (Wildman–Crippen LogP) is 9.07. The third-order valence-electron chi connectivity index (χ3n) is 12.9. The molecule has 3 fully saturated rings. The summed E-state index contributed by atoms with van der Waals surface area (Å²) in [6.45, 7) is 10.3. The van der Waals surface area contributed by atoms with Crippen molar-refractivity contribution in [2.75, 3.05) is 13.6 Å². The minimum Gasteiger partial charge on any atom is -0.382 e. The van der Waals surface area contributed by atoms with Gasteiger partial charge < -0.3 is 5.11 Å². The van der Waals surface area contributed by atoms with E-state index in [9.17, 15) is 14.7 Å². The second-order valence-electron chi connectivity index (χ2n) is 15.6. The lowest BCUT2D eigenvalue weighted by atomic mass is 9.45. The molecule has 3 aromatic rings. The Hall–Kier alpha value is -3.34. The van der Waals surface area contributed by atoms with Crippen LogP contribution in [0.4, 0.5) is 0 Å². The summed E-state index contributed by atoms with van der Waals surface area (Å²) in [5.74, 6) is 2.27. The zero-order valence-electron chi connectivity index (χ0n) is 29.0. The first kappa shape index (κ1) is 33.6. The molecule has 7 atom stereocenters. The molecule has 4 heteroatoms. The molecule has 0 amide bonds. The first-order valence-corrected chi connectivity index (χ1v) is 17.8. The maximum atomic E-state index is 12.3. The molecular weight excluding hydrogens is 578 g/mol. The van der Waals surface area contributed by atoms with E-state index in [1.807, 2.05) is 12.1 Å². The fourth-order valence-electron chi connectivity index (χ4n) is 10.3. The fraction of sp³-hybridized carbons (Fsp3) is 0.488. The van der Waals surface area contributed by atoms with Crippen molar-refractivity contribution >= 4 is 28.4 Å². The number of aliphatic hydroxyl groups is 1. The molecule has 0 unspecified atom stereocenters. The lowest BCUT2D eigenvalue weighted by Gasteiger charge is -2.60. The van der Waals surface area contributed by atoms with E-state index >= 15 is 0 Å². The number of carbonyl (C=O) groups excluding carboxylic acids is 2. The molecule has 4 nitrogen and oxygen atoms in total. The van der Waals surface area contributed by atoms with E-state index in [4.69, 9.17) is 0 Å². The summed E-state index contributed by atoms with van der Waals surface area (Å²) in [7, 11) is 2.16. The molecule has 0 bridgehead atoms. The van der Waals surface area contributed by atoms with Gasteiger partial charge in [0.1, 0.15) is 5.60 Å². The molecule has 4 aliphatic carbocycles. The fourth-order valence-corrected chi connectivity index (χ4v) is 10.3. The molecule has 3 saturated carbocycles. The first-order valence-electron chi connectivity index (χ1n) is 17.8. The van der Waals surface area contributed by atoms with E-state index in [1.165, 1.54) is 27.5 Å². The SMILES string of the molecule is CC(=O)[C@@]1(O)CC[C@H]2[C@@H]3C[C@H](C)C4=CC(=O)CC[C@]4(C)[C@H]3CC[C@@]21C.CN(C/C=C/c1ccccc1)Cc1cccc2ccccc12. The molecule has 0 saturated heterocycles. The Labute approximate surface area is 282 Å². The van der Waals surface area contributed by atoms with Gasteiger partial charge in [0.25, 0.3) is 0 Å². The highest BCUT2D eigenvalue weighted by molar-refractivity contribution is 5.92. The van der Waals surface area contributed by atoms with E-state index < -0.39 is 5.60 Å². The molecule has 0 spiro atoms. The maximum absolute atomic E-state index is 12.3. The number of ketones is 2. The van der Waals surface area contributed by atoms with Crippen LogP contribution in [0.25, 0.3) is 16.8 Å². The monoisotopic (exact) mass is 631 g/mol. The summed E-state index contributed by atoms with van der Waals surface area (Å²) in [4.78, 5) is 26.6. The summed E-state index contributed by atoms with van der Waals surface area (Å²) in [5.41, 5.74) is 2.74. The highest BCUT2D eigenvalue weighted by Crippen LogP contribution is 2.68. The average molecular weight is 632 g/mol. The first-order chi connectivity index (χ1) is 22.5. The van der Waals surface area contributed by atoms with Gasteiger partial charge in [-0.25, -0.2) is 0 Å². The number of carbonyl (C=O) groups is 2. The van der Waals surface area contributed by atoms with Crippen molar-refractivity contribution in [3.63, 3.8) is 0 Å². The highest BCUT2D eigenvalue weighted by atomic mass is 16.3. The molecule has 3 aromatic carbocycles. The smallest absolute Gasteiger partial charge is 0.161 e. The van der Waals surface area contributed by atoms with Crippen LogP contribution in [0, 0.1) is 34.5 Å². The van der Waals surface area contributed by atoms with Crippen LogP contribution in [0.3, 0.4) is 0 Å². The van der Waals surface area contributed by atoms with Crippen LogP contribution in [0.1, 0.15) is 83.8 Å². The van der Waals surface area contributed by atoms with Gasteiger partial charge in [-0.15, -0.1) is 0 Å². The van der Waals surface area contributed by atoms with Crippen molar-refractivity contribution in [3.05, 3.63) is 102 Å². The molecular formula is C43H53NO3. The molecule has 0 heterocycles. The number of Topliss-reactive ketones (excluding diaryl/α,β-unsaturated/α-hetero) is 1. The lowest BCUT2D eigenvalue weighted by Crippen LogP contribution is -2.57. The molecule has 4 aliphatic rings. The quantitative estimate of drug-likeness (QED) is 0.295. The van der Waals surface area contributed by atoms with Crippen LogP contribution in [0.2, 0.25) is 0 Å². The van der Waals surface area contributed by atoms with Crippen molar-refractivity contribution in [1.29, 1.82) is 0 Å². The predicted molar refractivity (Wildman–Crippen MR) is 193 cm³/mol. The number of hydrogen-bond donors (Lipinski definition) is 1. The van der Waals surface area contributed by atoms with Crippen molar-refractivity contribution in [1.82, 2.24) is 4.90 Å². The van der Waals surface area contributed by atoms with Gasteiger partial charge in [-0.05, 0) is 110 Å². The van der Waals surface area contributed by atoms with Gasteiger partial charge in [-0.2, -0.15) is 0 Å². The number of benzene rings is 3. The molecule has 0 radical (unpaired) electrons. The third kappa shape index (κ3) is 6.20. The summed E-state index contributed by atoms with van der Waals surface area (Å²) >= 11 is 0. The van der Waals surface area contributed by atoms with Crippen LogP contribution in [-0.4, -0.2) is 40.8 Å². The highest BCUT2D eigenvalue weighted by Gasteiger charge is 2.66. The van der Waals surface area contributed by atoms with Crippen LogP contribution in [-0.2, 0) is 16.1 Å². The van der Waals surface area contributed by atoms with E-state index in [0.29, 0.717) is 42.3 Å². The number of fused-ring (bicyclic) bond motifs is 6. The molecule has 47 heavy (non-hydrogen) atoms. The van der Waals surface area contributed by atoms with Gasteiger partial charge in [0, 0.05) is 24.9 Å². The molecule has 248 valence electrons. The Morgan fingerprint density at radius 3 is 2.40 bits per heavy atom. The van der Waals surface area contributed by atoms with Gasteiger partial charge in [-0.1, -0.05) is 111 Å². The van der Waals surface area contributed by atoms with E-state index in [0.717, 1.165) is 45.2 Å². The van der Waals surface area contributed by atoms with Crippen LogP contribution in [0.15, 0.2) is 90.5 Å². The Kier molecular flexibility index (Phi) is 9.48. The second kappa shape index (κ2) is 13.3. The summed E-state index contributed by atoms with van der Waals surface area (Å²) < 4.78 is 0. The number of likely N-dealkylation sites (N-methyl/N-ethyl adjacent to an activating group) is 1. The number of rotatable bonds is 6. The minimum absolute atomic E-state index is 0.0464. The van der Waals surface area contributed by atoms with Gasteiger partial charge in [0.05, 0.1) is 0 Å². The molecule has 0 aromatic heterocycles. The number of allylic oxidation sites excluding steroid dienone is 1. The lowest BCUT2D eigenvalue weighted by molar-refractivity contribution is -0.161. The van der Waals surface area contributed by atoms with Gasteiger partial charge in [-0.3, -0.25) is 14.5 Å². The summed E-state index contributed by atoms with van der Waals surface area (Å²) in [6, 6.07) is 25.6. The summed E-state index contributed by atoms with van der Waals surface area (Å²) in [6.07, 6.45) is 12.7. The Morgan fingerprint density at radius 1 is 0.936 bits per heavy atom. The number of nitrogens with zero attached hydrogens (tertiary/aromatic N) is 1. The number of hydrogen-bond acceptors (Lipinski definition) is 4. The van der Waals surface area contributed by atoms with E-state index in [1.54, 1.807) is 6.92 Å². The largest absolute Gasteiger partial charge is 0.382 e. The Bertz CT molecular complexity index is 1670. The molecule has 7 rings (SSSR count). The standard InChI is InChI=1S/C22H32O3.C21H21N/c1-13-11-16-17(20(3)8-5-15(24)12-19(13)20)6-9-21(4)18(16)7-10-22(21,25)14(2)23;1-22(16-8-11-18-9-3-2-4-10-18)17-20-14-7-13-19-12-5-6-15-21(19)20/h12-13,16-18,25H,5-11H2,1-4H3;2-15H,16-17H2,1H3/b;11-8+/t13-,16+,17-,18-,20+,21-,22-;/m0./s1. The Balaban J connectivity index is 0.000000166. The average Bonchev–Trinajstić information content (AvgIpc) is 3.34. The third-order valence-corrected chi connectivity index (χ3v) is 12.9. The van der Waals surface area contributed by atoms with Crippen molar-refractivity contribution < 1.29 is 14.7 Å². The minimum atomic E-state index is -1.13. The second-order valence-corrected chi connectivity index (χ2v) is 15.6. The van der Waals surface area contributed by atoms with Crippen molar-refractivity contribution in [2.24, 2.45) is 34.5 Å². The molecule has 0 aliphatic heterocycles. The normalized spacial score (nSPS) is 33.1. The van der Waals surface area contributed by atoms with Crippen molar-refractivity contribution in [3.8, 4) is 0 Å². The Morgan fingerprint density at radius 2 is 1.64 bits per heavy atom. The van der Waals surface area contributed by atoms with E-state index in [2.05, 4.69) is 112 Å². The topological polar surface area (TPSA) is 57.6 Å². The van der Waals surface area contributed by atoms with Crippen molar-refractivity contribution in [2.45, 2.75) is 84.8 Å². The van der Waals surface area contributed by atoms with Gasteiger partial charge >= 0.3 is 0 Å². The molecule has 1 N–H and O–H groups in total. The van der Waals surface area contributed by atoms with Gasteiger partial charge in [0.15, 0.2) is 11.6 Å². The zero-order chi connectivity index (χ0) is 33.4. The maximum Gasteiger partial charge on any atom is 0.161 e. The van der Waals surface area contributed by atoms with Crippen LogP contribution < -0.4 is 0 Å². The van der Waals surface area contributed by atoms with Crippen LogP contribution >= 0.6 is 0 Å². The van der Waals surface area contributed by atoms with Crippen LogP contribution in [0.5, 0.6) is 0 Å².